The van der Waals surface area contributed by atoms with Crippen molar-refractivity contribution in [1.29, 1.82) is 0 Å². The van der Waals surface area contributed by atoms with E-state index in [2.05, 4.69) is 10.0 Å². The van der Waals surface area contributed by atoms with Crippen molar-refractivity contribution in [2.24, 2.45) is 0 Å². The van der Waals surface area contributed by atoms with E-state index in [0.29, 0.717) is 12.8 Å². The molecule has 0 radical (unpaired) electrons. The van der Waals surface area contributed by atoms with E-state index in [-0.39, 0.29) is 23.5 Å². The minimum Gasteiger partial charge on any atom is -0.506 e. The van der Waals surface area contributed by atoms with Crippen molar-refractivity contribution in [2.75, 3.05) is 10.0 Å². The van der Waals surface area contributed by atoms with Crippen molar-refractivity contribution in [3.63, 3.8) is 0 Å². The summed E-state index contributed by atoms with van der Waals surface area (Å²) in [7, 11) is -3.59. The van der Waals surface area contributed by atoms with Gasteiger partial charge in [0.05, 0.1) is 10.9 Å². The van der Waals surface area contributed by atoms with Crippen LogP contribution in [0.3, 0.4) is 0 Å². The summed E-state index contributed by atoms with van der Waals surface area (Å²) in [5, 5.41) is 11.9. The molecule has 0 aromatic heterocycles. The summed E-state index contributed by atoms with van der Waals surface area (Å²) in [6.45, 7) is 0. The van der Waals surface area contributed by atoms with Gasteiger partial charge in [0, 0.05) is 12.1 Å². The highest BCUT2D eigenvalue weighted by atomic mass is 32.2. The first-order chi connectivity index (χ1) is 14.3. The Kier molecular flexibility index (Phi) is 5.11. The third-order valence-corrected chi connectivity index (χ3v) is 6.95. The number of alkyl halides is 1. The third-order valence-electron chi connectivity index (χ3n) is 5.10. The zero-order valence-electron chi connectivity index (χ0n) is 16.0. The van der Waals surface area contributed by atoms with Crippen LogP contribution in [0.15, 0.2) is 66.8 Å². The van der Waals surface area contributed by atoms with Crippen LogP contribution in [-0.2, 0) is 14.8 Å². The third kappa shape index (κ3) is 4.23. The molecule has 2 aliphatic rings. The lowest BCUT2D eigenvalue weighted by molar-refractivity contribution is -0.124. The summed E-state index contributed by atoms with van der Waals surface area (Å²) in [5.74, 6) is -1.15. The molecule has 0 saturated heterocycles. The molecule has 30 heavy (non-hydrogen) atoms. The highest BCUT2D eigenvalue weighted by molar-refractivity contribution is 7.93. The number of carbonyl (C=O) groups excluding carboxylic acids is 1. The number of anilines is 2. The molecular weight excluding hydrogens is 407 g/mol. The maximum atomic E-state index is 15.2. The minimum atomic E-state index is -3.59. The van der Waals surface area contributed by atoms with Crippen LogP contribution in [0.25, 0.3) is 5.57 Å². The van der Waals surface area contributed by atoms with E-state index in [4.69, 9.17) is 0 Å². The van der Waals surface area contributed by atoms with Crippen LogP contribution >= 0.6 is 0 Å². The number of sulfonamides is 1. The van der Waals surface area contributed by atoms with Crippen molar-refractivity contribution in [3.05, 3.63) is 72.3 Å². The van der Waals surface area contributed by atoms with Crippen LogP contribution in [0, 0.1) is 0 Å². The summed E-state index contributed by atoms with van der Waals surface area (Å²) in [4.78, 5) is 12.6. The molecule has 0 aliphatic heterocycles. The quantitative estimate of drug-likeness (QED) is 0.479. The van der Waals surface area contributed by atoms with Gasteiger partial charge in [-0.3, -0.25) is 9.52 Å². The Morgan fingerprint density at radius 2 is 1.87 bits per heavy atom. The van der Waals surface area contributed by atoms with E-state index in [1.54, 1.807) is 12.2 Å². The van der Waals surface area contributed by atoms with Gasteiger partial charge >= 0.3 is 0 Å². The van der Waals surface area contributed by atoms with Crippen molar-refractivity contribution in [1.82, 2.24) is 0 Å². The molecule has 2 aliphatic carbocycles. The molecule has 3 N–H and O–H groups in total. The van der Waals surface area contributed by atoms with Crippen molar-refractivity contribution in [2.45, 2.75) is 30.2 Å². The highest BCUT2D eigenvalue weighted by Gasteiger charge is 2.38. The SMILES string of the molecule is O=C(Nc1ccc(O)c(NS(=O)(=O)C2CC2)c1)C1(F)C=CC(c2ccccc2)=CC1. The normalized spacial score (nSPS) is 21.0. The smallest absolute Gasteiger partial charge is 0.266 e. The van der Waals surface area contributed by atoms with E-state index in [9.17, 15) is 18.3 Å². The number of phenols is 1. The largest absolute Gasteiger partial charge is 0.506 e. The van der Waals surface area contributed by atoms with Crippen molar-refractivity contribution < 1.29 is 22.7 Å². The molecular formula is C22H21FN2O4S. The monoisotopic (exact) mass is 428 g/mol. The fourth-order valence-corrected chi connectivity index (χ4v) is 4.57. The van der Waals surface area contributed by atoms with Gasteiger partial charge in [0.15, 0.2) is 0 Å². The van der Waals surface area contributed by atoms with Gasteiger partial charge in [0.1, 0.15) is 5.75 Å². The molecule has 1 saturated carbocycles. The molecule has 4 rings (SSSR count). The number of nitrogens with one attached hydrogen (secondary N) is 2. The van der Waals surface area contributed by atoms with Crippen LogP contribution in [0.1, 0.15) is 24.8 Å². The average molecular weight is 428 g/mol. The maximum Gasteiger partial charge on any atom is 0.266 e. The Bertz CT molecular complexity index is 1140. The van der Waals surface area contributed by atoms with Gasteiger partial charge < -0.3 is 10.4 Å². The average Bonchev–Trinajstić information content (AvgIpc) is 3.58. The van der Waals surface area contributed by atoms with Crippen LogP contribution in [0.4, 0.5) is 15.8 Å². The second kappa shape index (κ2) is 7.60. The number of halogens is 1. The summed E-state index contributed by atoms with van der Waals surface area (Å²) in [6.07, 6.45) is 5.48. The summed E-state index contributed by atoms with van der Waals surface area (Å²) < 4.78 is 41.7. The predicted octanol–water partition coefficient (Wildman–Crippen LogP) is 3.99. The highest BCUT2D eigenvalue weighted by Crippen LogP contribution is 2.35. The number of benzene rings is 2. The number of hydrogen-bond acceptors (Lipinski definition) is 4. The van der Waals surface area contributed by atoms with Gasteiger partial charge in [0.2, 0.25) is 15.7 Å². The first-order valence-electron chi connectivity index (χ1n) is 9.57. The number of carbonyl (C=O) groups is 1. The van der Waals surface area contributed by atoms with E-state index < -0.39 is 26.8 Å². The Hall–Kier alpha value is -3.13. The van der Waals surface area contributed by atoms with E-state index in [1.807, 2.05) is 30.3 Å². The zero-order valence-corrected chi connectivity index (χ0v) is 16.8. The molecule has 1 fully saturated rings. The Morgan fingerprint density at radius 1 is 1.13 bits per heavy atom. The number of rotatable bonds is 6. The van der Waals surface area contributed by atoms with Gasteiger partial charge in [-0.1, -0.05) is 42.5 Å². The first kappa shape index (κ1) is 20.2. The van der Waals surface area contributed by atoms with Gasteiger partial charge in [-0.15, -0.1) is 0 Å². The summed E-state index contributed by atoms with van der Waals surface area (Å²) >= 11 is 0. The molecule has 156 valence electrons. The summed E-state index contributed by atoms with van der Waals surface area (Å²) in [6, 6.07) is 13.4. The maximum absolute atomic E-state index is 15.2. The molecule has 1 unspecified atom stereocenters. The molecule has 0 bridgehead atoms. The lowest BCUT2D eigenvalue weighted by Gasteiger charge is -2.23. The number of hydrogen-bond donors (Lipinski definition) is 3. The number of phenolic OH excluding ortho intramolecular Hbond substituents is 1. The van der Waals surface area contributed by atoms with Crippen LogP contribution < -0.4 is 10.0 Å². The Labute approximate surface area is 174 Å². The second-order valence-electron chi connectivity index (χ2n) is 7.46. The van der Waals surface area contributed by atoms with E-state index in [1.165, 1.54) is 24.3 Å². The van der Waals surface area contributed by atoms with E-state index in [0.717, 1.165) is 11.1 Å². The lowest BCUT2D eigenvalue weighted by atomic mass is 9.90. The van der Waals surface area contributed by atoms with Gasteiger partial charge in [-0.25, -0.2) is 12.8 Å². The number of aromatic hydroxyl groups is 1. The molecule has 2 aromatic carbocycles. The van der Waals surface area contributed by atoms with Crippen LogP contribution in [0.5, 0.6) is 5.75 Å². The molecule has 1 amide bonds. The number of allylic oxidation sites excluding steroid dienone is 3. The molecule has 8 heteroatoms. The minimum absolute atomic E-state index is 0.0574. The predicted molar refractivity (Wildman–Crippen MR) is 114 cm³/mol. The Morgan fingerprint density at radius 3 is 2.50 bits per heavy atom. The molecule has 2 aromatic rings. The van der Waals surface area contributed by atoms with E-state index >= 15 is 4.39 Å². The molecule has 0 spiro atoms. The fraction of sp³-hybridized carbons (Fsp3) is 0.227. The number of amides is 1. The van der Waals surface area contributed by atoms with Gasteiger partial charge in [-0.2, -0.15) is 0 Å². The molecule has 0 heterocycles. The topological polar surface area (TPSA) is 95.5 Å². The van der Waals surface area contributed by atoms with Crippen molar-refractivity contribution in [3.8, 4) is 5.75 Å². The zero-order chi connectivity index (χ0) is 21.4. The van der Waals surface area contributed by atoms with Crippen molar-refractivity contribution >= 4 is 32.9 Å². The van der Waals surface area contributed by atoms with Crippen LogP contribution in [0.2, 0.25) is 0 Å². The second-order valence-corrected chi connectivity index (χ2v) is 9.42. The van der Waals surface area contributed by atoms with Crippen LogP contribution in [-0.4, -0.2) is 30.4 Å². The standard InChI is InChI=1S/C22H21FN2O4S/c23-22(12-10-16(11-13-22)15-4-2-1-3-5-15)21(27)24-17-6-9-20(26)19(14-17)25-30(28,29)18-7-8-18/h1-6,9-12,14,18,25-26H,7-8,13H2,(H,24,27). The first-order valence-corrected chi connectivity index (χ1v) is 11.1. The summed E-state index contributed by atoms with van der Waals surface area (Å²) in [5.41, 5.74) is -0.350. The fourth-order valence-electron chi connectivity index (χ4n) is 3.17. The Balaban J connectivity index is 1.47. The lowest BCUT2D eigenvalue weighted by Crippen LogP contribution is -2.37. The van der Waals surface area contributed by atoms with Gasteiger partial charge in [0.25, 0.3) is 5.91 Å². The molecule has 1 atom stereocenters. The van der Waals surface area contributed by atoms with Gasteiger partial charge in [-0.05, 0) is 48.3 Å². The molecule has 6 nitrogen and oxygen atoms in total.